The number of nitrogens with zero attached hydrogens (tertiary/aromatic N) is 3. The second-order valence-electron chi connectivity index (χ2n) is 7.51. The maximum absolute atomic E-state index is 13.1. The third-order valence-corrected chi connectivity index (χ3v) is 5.67. The Hall–Kier alpha value is -3.81. The molecule has 0 radical (unpaired) electrons. The van der Waals surface area contributed by atoms with Gasteiger partial charge in [-0.15, -0.1) is 0 Å². The van der Waals surface area contributed by atoms with E-state index in [1.54, 1.807) is 67.5 Å². The first-order valence-corrected chi connectivity index (χ1v) is 10.7. The highest BCUT2D eigenvalue weighted by Gasteiger charge is 2.40. The van der Waals surface area contributed by atoms with Crippen LogP contribution in [0, 0.1) is 0 Å². The first-order valence-electron chi connectivity index (χ1n) is 10.3. The molecule has 1 unspecified atom stereocenters. The Morgan fingerprint density at radius 2 is 1.58 bits per heavy atom. The van der Waals surface area contributed by atoms with Crippen LogP contribution in [0.5, 0.6) is 0 Å². The smallest absolute Gasteiger partial charge is 0.289 e. The van der Waals surface area contributed by atoms with Gasteiger partial charge in [0.25, 0.3) is 17.7 Å². The average Bonchev–Trinajstić information content (AvgIpc) is 3.03. The number of hydrogen-bond acceptors (Lipinski definition) is 4. The summed E-state index contributed by atoms with van der Waals surface area (Å²) < 4.78 is 0. The third kappa shape index (κ3) is 4.55. The zero-order valence-corrected chi connectivity index (χ0v) is 18.8. The largest absolute Gasteiger partial charge is 0.321 e. The Morgan fingerprint density at radius 3 is 2.27 bits per heavy atom. The number of benzene rings is 3. The van der Waals surface area contributed by atoms with Crippen LogP contribution in [-0.4, -0.2) is 41.5 Å². The van der Waals surface area contributed by atoms with Gasteiger partial charge in [0, 0.05) is 17.6 Å². The summed E-state index contributed by atoms with van der Waals surface area (Å²) in [5.41, 5.74) is 1.70. The number of amides is 3. The van der Waals surface area contributed by atoms with Crippen LogP contribution in [0.2, 0.25) is 5.02 Å². The quantitative estimate of drug-likeness (QED) is 0.623. The molecule has 7 nitrogen and oxygen atoms in total. The van der Waals surface area contributed by atoms with E-state index in [1.807, 2.05) is 30.3 Å². The van der Waals surface area contributed by atoms with Crippen LogP contribution in [0.25, 0.3) is 0 Å². The minimum absolute atomic E-state index is 0.130. The Kier molecular flexibility index (Phi) is 6.35. The highest BCUT2D eigenvalue weighted by atomic mass is 35.5. The number of carbonyl (C=O) groups excluding carboxylic acids is 3. The normalized spacial score (nSPS) is 17.4. The lowest BCUT2D eigenvalue weighted by atomic mass is 10.1. The Balaban J connectivity index is 1.60. The highest BCUT2D eigenvalue weighted by molar-refractivity contribution is 6.48. The number of hydrazine groups is 1. The molecule has 0 spiro atoms. The van der Waals surface area contributed by atoms with Crippen molar-refractivity contribution >= 4 is 46.4 Å². The number of hydrogen-bond donors (Lipinski definition) is 1. The van der Waals surface area contributed by atoms with E-state index in [0.717, 1.165) is 0 Å². The van der Waals surface area contributed by atoms with Crippen molar-refractivity contribution in [1.29, 1.82) is 0 Å². The molecule has 1 aliphatic rings. The van der Waals surface area contributed by atoms with Gasteiger partial charge in [-0.3, -0.25) is 14.4 Å². The van der Waals surface area contributed by atoms with Crippen molar-refractivity contribution in [3.63, 3.8) is 0 Å². The molecule has 8 heteroatoms. The minimum Gasteiger partial charge on any atom is -0.321 e. The number of halogens is 1. The molecule has 166 valence electrons. The summed E-state index contributed by atoms with van der Waals surface area (Å²) in [5.74, 6) is -1.37. The number of carbonyl (C=O) groups is 3. The molecule has 0 aliphatic carbocycles. The van der Waals surface area contributed by atoms with Crippen LogP contribution in [0.15, 0.2) is 83.9 Å². The molecule has 4 rings (SSSR count). The van der Waals surface area contributed by atoms with Crippen LogP contribution < -0.4 is 10.3 Å². The van der Waals surface area contributed by atoms with Gasteiger partial charge in [0.05, 0.1) is 23.0 Å². The molecule has 0 bridgehead atoms. The van der Waals surface area contributed by atoms with Gasteiger partial charge in [-0.05, 0) is 55.5 Å². The molecular formula is C25H21ClN4O3. The second kappa shape index (κ2) is 9.36. The Bertz CT molecular complexity index is 1240. The summed E-state index contributed by atoms with van der Waals surface area (Å²) in [6, 6.07) is 21.7. The number of anilines is 2. The van der Waals surface area contributed by atoms with Crippen LogP contribution in [0.1, 0.15) is 27.6 Å². The fraction of sp³-hybridized carbons (Fsp3) is 0.120. The van der Waals surface area contributed by atoms with Gasteiger partial charge >= 0.3 is 0 Å². The van der Waals surface area contributed by atoms with Crippen molar-refractivity contribution in [2.24, 2.45) is 4.99 Å². The van der Waals surface area contributed by atoms with E-state index in [0.29, 0.717) is 22.0 Å². The van der Waals surface area contributed by atoms with Gasteiger partial charge < -0.3 is 5.32 Å². The lowest BCUT2D eigenvalue weighted by Crippen LogP contribution is -2.38. The number of aliphatic imine (C=N–C) groups is 1. The van der Waals surface area contributed by atoms with E-state index in [2.05, 4.69) is 10.3 Å². The molecule has 3 amide bonds. The number of para-hydroxylation sites is 2. The van der Waals surface area contributed by atoms with E-state index in [-0.39, 0.29) is 23.1 Å². The number of rotatable bonds is 4. The van der Waals surface area contributed by atoms with Gasteiger partial charge in [-0.1, -0.05) is 41.9 Å². The second-order valence-corrected chi connectivity index (χ2v) is 7.95. The minimum atomic E-state index is -0.611. The first kappa shape index (κ1) is 22.4. The molecule has 1 saturated heterocycles. The number of nitrogens with one attached hydrogen (secondary N) is 1. The van der Waals surface area contributed by atoms with Crippen molar-refractivity contribution in [2.45, 2.75) is 13.0 Å². The van der Waals surface area contributed by atoms with E-state index in [1.165, 1.54) is 5.01 Å². The van der Waals surface area contributed by atoms with Crippen molar-refractivity contribution in [3.05, 3.63) is 95.0 Å². The molecule has 1 N–H and O–H groups in total. The van der Waals surface area contributed by atoms with E-state index >= 15 is 0 Å². The van der Waals surface area contributed by atoms with Gasteiger partial charge in [-0.2, -0.15) is 0 Å². The van der Waals surface area contributed by atoms with Crippen LogP contribution >= 0.6 is 11.6 Å². The molecule has 1 atom stereocenters. The van der Waals surface area contributed by atoms with Crippen molar-refractivity contribution in [3.8, 4) is 0 Å². The molecule has 1 heterocycles. The zero-order valence-electron chi connectivity index (χ0n) is 18.0. The topological polar surface area (TPSA) is 82.1 Å². The summed E-state index contributed by atoms with van der Waals surface area (Å²) in [7, 11) is 1.77. The van der Waals surface area contributed by atoms with E-state index in [4.69, 9.17) is 11.6 Å². The predicted octanol–water partition coefficient (Wildman–Crippen LogP) is 4.46. The monoisotopic (exact) mass is 460 g/mol. The SMILES string of the molecule is CC1C(=NC(=O)c2ccccc2NC(=O)c2ccc(Cl)cc2)C(=O)N(c2ccccc2)N1C. The fourth-order valence-corrected chi connectivity index (χ4v) is 3.66. The maximum Gasteiger partial charge on any atom is 0.289 e. The Labute approximate surface area is 196 Å². The summed E-state index contributed by atoms with van der Waals surface area (Å²) in [6.07, 6.45) is 0. The zero-order chi connectivity index (χ0) is 23.5. The molecule has 1 aliphatic heterocycles. The highest BCUT2D eigenvalue weighted by Crippen LogP contribution is 2.25. The van der Waals surface area contributed by atoms with Gasteiger partial charge in [-0.25, -0.2) is 15.0 Å². The Morgan fingerprint density at radius 1 is 0.939 bits per heavy atom. The molecule has 3 aromatic carbocycles. The fourth-order valence-electron chi connectivity index (χ4n) is 3.53. The maximum atomic E-state index is 13.1. The van der Waals surface area contributed by atoms with Crippen LogP contribution in [0.3, 0.4) is 0 Å². The molecule has 33 heavy (non-hydrogen) atoms. The van der Waals surface area contributed by atoms with Crippen LogP contribution in [-0.2, 0) is 4.79 Å². The summed E-state index contributed by atoms with van der Waals surface area (Å²) in [4.78, 5) is 43.0. The van der Waals surface area contributed by atoms with Gasteiger partial charge in [0.15, 0.2) is 0 Å². The van der Waals surface area contributed by atoms with E-state index in [9.17, 15) is 14.4 Å². The first-order chi connectivity index (χ1) is 15.9. The molecular weight excluding hydrogens is 440 g/mol. The summed E-state index contributed by atoms with van der Waals surface area (Å²) in [6.45, 7) is 1.81. The van der Waals surface area contributed by atoms with E-state index < -0.39 is 11.9 Å². The van der Waals surface area contributed by atoms with Gasteiger partial charge in [0.2, 0.25) is 0 Å². The van der Waals surface area contributed by atoms with Crippen LogP contribution in [0.4, 0.5) is 11.4 Å². The molecule has 0 saturated carbocycles. The predicted molar refractivity (Wildman–Crippen MR) is 129 cm³/mol. The summed E-state index contributed by atoms with van der Waals surface area (Å²) in [5, 5.41) is 6.48. The van der Waals surface area contributed by atoms with Crippen molar-refractivity contribution in [2.75, 3.05) is 17.4 Å². The average molecular weight is 461 g/mol. The van der Waals surface area contributed by atoms with Crippen molar-refractivity contribution in [1.82, 2.24) is 5.01 Å². The lowest BCUT2D eigenvalue weighted by molar-refractivity contribution is -0.113. The third-order valence-electron chi connectivity index (χ3n) is 5.42. The molecule has 0 aromatic heterocycles. The molecule has 1 fully saturated rings. The summed E-state index contributed by atoms with van der Waals surface area (Å²) >= 11 is 5.88. The standard InChI is InChI=1S/C25H21ClN4O3/c1-16-22(25(33)30(29(16)2)19-8-4-3-5-9-19)28-24(32)20-10-6-7-11-21(20)27-23(31)17-12-14-18(26)15-13-17/h3-16H,1-2H3,(H,27,31). The van der Waals surface area contributed by atoms with Gasteiger partial charge in [0.1, 0.15) is 5.71 Å². The molecule has 3 aromatic rings. The lowest BCUT2D eigenvalue weighted by Gasteiger charge is -2.25. The van der Waals surface area contributed by atoms with Crippen molar-refractivity contribution < 1.29 is 14.4 Å².